The van der Waals surface area contributed by atoms with Crippen LogP contribution in [0.5, 0.6) is 0 Å². The molecule has 0 spiro atoms. The lowest BCUT2D eigenvalue weighted by atomic mass is 10.1. The predicted molar refractivity (Wildman–Crippen MR) is 91.5 cm³/mol. The summed E-state index contributed by atoms with van der Waals surface area (Å²) in [6, 6.07) is 13.1. The number of aromatic nitrogens is 1. The number of rotatable bonds is 2. The number of fused-ring (bicyclic) bond motifs is 1. The molecule has 0 radical (unpaired) electrons. The smallest absolute Gasteiger partial charge is 0.256 e. The number of hydrogen-bond acceptors (Lipinski definition) is 2. The fourth-order valence-electron chi connectivity index (χ4n) is 2.09. The summed E-state index contributed by atoms with van der Waals surface area (Å²) in [6.07, 6.45) is 3.49. The molecule has 0 saturated carbocycles. The molecule has 2 aromatic carbocycles. The maximum Gasteiger partial charge on any atom is 0.256 e. The van der Waals surface area contributed by atoms with Gasteiger partial charge in [0.2, 0.25) is 0 Å². The van der Waals surface area contributed by atoms with Gasteiger partial charge < -0.3 is 5.32 Å². The van der Waals surface area contributed by atoms with Crippen molar-refractivity contribution in [3.05, 3.63) is 69.4 Å². The van der Waals surface area contributed by atoms with Gasteiger partial charge in [0.25, 0.3) is 5.91 Å². The minimum Gasteiger partial charge on any atom is -0.321 e. The summed E-state index contributed by atoms with van der Waals surface area (Å²) in [5.74, 6) is -0.161. The summed E-state index contributed by atoms with van der Waals surface area (Å²) in [5.41, 5.74) is 1.33. The number of amides is 1. The Balaban J connectivity index is 1.97. The van der Waals surface area contributed by atoms with Crippen molar-refractivity contribution in [3.8, 4) is 0 Å². The van der Waals surface area contributed by atoms with Crippen LogP contribution in [0.15, 0.2) is 63.8 Å². The molecule has 0 atom stereocenters. The summed E-state index contributed by atoms with van der Waals surface area (Å²) < 4.78 is 1.66. The highest BCUT2D eigenvalue weighted by Crippen LogP contribution is 2.25. The topological polar surface area (TPSA) is 42.0 Å². The van der Waals surface area contributed by atoms with E-state index in [2.05, 4.69) is 42.2 Å². The quantitative estimate of drug-likeness (QED) is 0.650. The van der Waals surface area contributed by atoms with Gasteiger partial charge in [-0.05, 0) is 51.6 Å². The van der Waals surface area contributed by atoms with Crippen molar-refractivity contribution in [2.45, 2.75) is 0 Å². The van der Waals surface area contributed by atoms with Gasteiger partial charge in [0.15, 0.2) is 0 Å². The Bertz CT molecular complexity index is 828. The maximum atomic E-state index is 12.4. The highest BCUT2D eigenvalue weighted by Gasteiger charge is 2.12. The molecule has 1 amide bonds. The van der Waals surface area contributed by atoms with Crippen LogP contribution in [0.2, 0.25) is 0 Å². The third kappa shape index (κ3) is 2.99. The third-order valence-corrected chi connectivity index (χ3v) is 4.26. The number of halogens is 2. The van der Waals surface area contributed by atoms with Gasteiger partial charge in [-0.2, -0.15) is 0 Å². The molecule has 104 valence electrons. The van der Waals surface area contributed by atoms with Crippen LogP contribution in [0, 0.1) is 0 Å². The van der Waals surface area contributed by atoms with Crippen molar-refractivity contribution in [1.29, 1.82) is 0 Å². The van der Waals surface area contributed by atoms with Gasteiger partial charge in [0.1, 0.15) is 0 Å². The lowest BCUT2D eigenvalue weighted by Gasteiger charge is -2.09. The minimum atomic E-state index is -0.161. The summed E-state index contributed by atoms with van der Waals surface area (Å²) in [4.78, 5) is 16.5. The molecule has 0 bridgehead atoms. The molecular formula is C16H10Br2N2O. The first-order chi connectivity index (χ1) is 10.1. The van der Waals surface area contributed by atoms with E-state index in [0.717, 1.165) is 25.4 Å². The molecule has 0 fully saturated rings. The van der Waals surface area contributed by atoms with Gasteiger partial charge in [-0.15, -0.1) is 0 Å². The summed E-state index contributed by atoms with van der Waals surface area (Å²) in [5, 5.41) is 4.89. The minimum absolute atomic E-state index is 0.161. The Morgan fingerprint density at radius 2 is 1.95 bits per heavy atom. The average Bonchev–Trinajstić information content (AvgIpc) is 2.47. The van der Waals surface area contributed by atoms with E-state index in [4.69, 9.17) is 0 Å². The first-order valence-electron chi connectivity index (χ1n) is 6.24. The van der Waals surface area contributed by atoms with Crippen molar-refractivity contribution >= 4 is 54.2 Å². The number of anilines is 1. The molecule has 21 heavy (non-hydrogen) atoms. The Morgan fingerprint density at radius 3 is 2.76 bits per heavy atom. The fraction of sp³-hybridized carbons (Fsp3) is 0. The van der Waals surface area contributed by atoms with E-state index in [1.54, 1.807) is 18.5 Å². The van der Waals surface area contributed by atoms with E-state index in [9.17, 15) is 4.79 Å². The van der Waals surface area contributed by atoms with Gasteiger partial charge in [0.05, 0.1) is 11.3 Å². The molecular weight excluding hydrogens is 396 g/mol. The number of nitrogens with one attached hydrogen (secondary N) is 1. The molecule has 5 heteroatoms. The lowest BCUT2D eigenvalue weighted by molar-refractivity contribution is 0.102. The highest BCUT2D eigenvalue weighted by molar-refractivity contribution is 9.11. The molecule has 1 aromatic heterocycles. The zero-order chi connectivity index (χ0) is 14.8. The molecule has 3 rings (SSSR count). The zero-order valence-corrected chi connectivity index (χ0v) is 14.0. The Labute approximate surface area is 138 Å². The van der Waals surface area contributed by atoms with Crippen LogP contribution in [0.25, 0.3) is 10.8 Å². The Hall–Kier alpha value is -1.72. The van der Waals surface area contributed by atoms with Crippen LogP contribution in [0.1, 0.15) is 10.4 Å². The number of carbonyl (C=O) groups is 1. The SMILES string of the molecule is O=C(Nc1cccc2ccncc12)c1ccc(Br)cc1Br. The number of nitrogens with zero attached hydrogens (tertiary/aromatic N) is 1. The van der Waals surface area contributed by atoms with Crippen molar-refractivity contribution < 1.29 is 4.79 Å². The summed E-state index contributed by atoms with van der Waals surface area (Å²) in [6.45, 7) is 0. The second-order valence-corrected chi connectivity index (χ2v) is 6.25. The van der Waals surface area contributed by atoms with Gasteiger partial charge in [-0.3, -0.25) is 9.78 Å². The second-order valence-electron chi connectivity index (χ2n) is 4.48. The van der Waals surface area contributed by atoms with Gasteiger partial charge in [0, 0.05) is 26.7 Å². The molecule has 1 N–H and O–H groups in total. The van der Waals surface area contributed by atoms with Crippen LogP contribution in [-0.2, 0) is 0 Å². The molecule has 3 aromatic rings. The molecule has 3 nitrogen and oxygen atoms in total. The van der Waals surface area contributed by atoms with Gasteiger partial charge >= 0.3 is 0 Å². The first kappa shape index (κ1) is 14.2. The van der Waals surface area contributed by atoms with Crippen LogP contribution in [0.4, 0.5) is 5.69 Å². The van der Waals surface area contributed by atoms with E-state index in [0.29, 0.717) is 5.56 Å². The zero-order valence-electron chi connectivity index (χ0n) is 10.8. The largest absolute Gasteiger partial charge is 0.321 e. The van der Waals surface area contributed by atoms with Crippen molar-refractivity contribution in [1.82, 2.24) is 4.98 Å². The van der Waals surface area contributed by atoms with E-state index in [1.807, 2.05) is 36.4 Å². The highest BCUT2D eigenvalue weighted by atomic mass is 79.9. The Kier molecular flexibility index (Phi) is 4.03. The van der Waals surface area contributed by atoms with Crippen molar-refractivity contribution in [3.63, 3.8) is 0 Å². The molecule has 1 heterocycles. The first-order valence-corrected chi connectivity index (χ1v) is 7.83. The standard InChI is InChI=1S/C16H10Br2N2O/c17-11-4-5-12(14(18)8-11)16(21)20-15-3-1-2-10-6-7-19-9-13(10)15/h1-9H,(H,20,21). The number of carbonyl (C=O) groups excluding carboxylic acids is 1. The normalized spacial score (nSPS) is 10.6. The van der Waals surface area contributed by atoms with E-state index >= 15 is 0 Å². The van der Waals surface area contributed by atoms with Crippen LogP contribution in [0.3, 0.4) is 0 Å². The molecule has 0 aliphatic heterocycles. The second kappa shape index (κ2) is 5.95. The molecule has 0 aliphatic carbocycles. The third-order valence-electron chi connectivity index (χ3n) is 3.11. The summed E-state index contributed by atoms with van der Waals surface area (Å²) >= 11 is 6.78. The van der Waals surface area contributed by atoms with Crippen molar-refractivity contribution in [2.75, 3.05) is 5.32 Å². The molecule has 0 aliphatic rings. The van der Waals surface area contributed by atoms with Gasteiger partial charge in [-0.1, -0.05) is 28.1 Å². The van der Waals surface area contributed by atoms with Crippen LogP contribution >= 0.6 is 31.9 Å². The van der Waals surface area contributed by atoms with Crippen molar-refractivity contribution in [2.24, 2.45) is 0 Å². The average molecular weight is 406 g/mol. The number of hydrogen-bond donors (Lipinski definition) is 1. The van der Waals surface area contributed by atoms with E-state index < -0.39 is 0 Å². The summed E-state index contributed by atoms with van der Waals surface area (Å²) in [7, 11) is 0. The molecule has 0 saturated heterocycles. The number of benzene rings is 2. The monoisotopic (exact) mass is 404 g/mol. The van der Waals surface area contributed by atoms with E-state index in [1.165, 1.54) is 0 Å². The lowest BCUT2D eigenvalue weighted by Crippen LogP contribution is -2.12. The molecule has 0 unspecified atom stereocenters. The fourth-order valence-corrected chi connectivity index (χ4v) is 3.31. The maximum absolute atomic E-state index is 12.4. The Morgan fingerprint density at radius 1 is 1.10 bits per heavy atom. The van der Waals surface area contributed by atoms with Gasteiger partial charge in [-0.25, -0.2) is 0 Å². The van der Waals surface area contributed by atoms with Crippen LogP contribution < -0.4 is 5.32 Å². The van der Waals surface area contributed by atoms with E-state index in [-0.39, 0.29) is 5.91 Å². The number of pyridine rings is 1. The van der Waals surface area contributed by atoms with Crippen LogP contribution in [-0.4, -0.2) is 10.9 Å². The predicted octanol–water partition coefficient (Wildman–Crippen LogP) is 5.01.